The van der Waals surface area contributed by atoms with Gasteiger partial charge >= 0.3 is 0 Å². The molecule has 2 fully saturated rings. The number of aliphatic hydroxyl groups is 1. The van der Waals surface area contributed by atoms with E-state index in [0.717, 1.165) is 30.6 Å². The van der Waals surface area contributed by atoms with E-state index in [9.17, 15) is 5.11 Å². The van der Waals surface area contributed by atoms with Gasteiger partial charge in [-0.3, -0.25) is 0 Å². The second-order valence-corrected chi connectivity index (χ2v) is 6.21. The van der Waals surface area contributed by atoms with Gasteiger partial charge in [-0.25, -0.2) is 0 Å². The molecule has 0 heterocycles. The quantitative estimate of drug-likeness (QED) is 0.858. The first-order valence-electron chi connectivity index (χ1n) is 7.68. The summed E-state index contributed by atoms with van der Waals surface area (Å²) in [6.45, 7) is 2.21. The lowest BCUT2D eigenvalue weighted by atomic mass is 9.75. The Morgan fingerprint density at radius 3 is 2.37 bits per heavy atom. The van der Waals surface area contributed by atoms with Crippen LogP contribution in [-0.2, 0) is 0 Å². The molecule has 0 aromatic heterocycles. The molecule has 1 unspecified atom stereocenters. The van der Waals surface area contributed by atoms with E-state index in [1.54, 1.807) is 0 Å². The Labute approximate surface area is 115 Å². The monoisotopic (exact) mass is 260 g/mol. The van der Waals surface area contributed by atoms with Crippen molar-refractivity contribution in [3.05, 3.63) is 29.8 Å². The van der Waals surface area contributed by atoms with Crippen molar-refractivity contribution in [1.82, 2.24) is 0 Å². The maximum Gasteiger partial charge on any atom is 0.119 e. The Morgan fingerprint density at radius 2 is 1.84 bits per heavy atom. The van der Waals surface area contributed by atoms with Crippen LogP contribution in [0, 0.1) is 5.41 Å². The minimum atomic E-state index is -0.324. The van der Waals surface area contributed by atoms with Gasteiger partial charge in [-0.2, -0.15) is 0 Å². The summed E-state index contributed by atoms with van der Waals surface area (Å²) >= 11 is 0. The van der Waals surface area contributed by atoms with Crippen molar-refractivity contribution in [2.45, 2.75) is 64.1 Å². The molecule has 1 aromatic carbocycles. The van der Waals surface area contributed by atoms with E-state index in [2.05, 4.69) is 6.92 Å². The number of hydrogen-bond donors (Lipinski definition) is 1. The zero-order valence-corrected chi connectivity index (χ0v) is 11.8. The van der Waals surface area contributed by atoms with Crippen LogP contribution in [0.3, 0.4) is 0 Å². The molecule has 2 aliphatic carbocycles. The van der Waals surface area contributed by atoms with E-state index in [4.69, 9.17) is 4.74 Å². The van der Waals surface area contributed by atoms with Gasteiger partial charge in [0, 0.05) is 5.41 Å². The SMILES string of the molecule is CCC1(C(O)c2ccc(OC3CC3)cc2)CCCC1. The minimum absolute atomic E-state index is 0.110. The molecular formula is C17H24O2. The normalized spacial score (nSPS) is 23.3. The highest BCUT2D eigenvalue weighted by atomic mass is 16.5. The molecule has 0 aliphatic heterocycles. The first-order valence-corrected chi connectivity index (χ1v) is 7.68. The lowest BCUT2D eigenvalue weighted by Crippen LogP contribution is -2.25. The molecule has 104 valence electrons. The number of benzene rings is 1. The van der Waals surface area contributed by atoms with Gasteiger partial charge in [-0.1, -0.05) is 31.9 Å². The predicted octanol–water partition coefficient (Wildman–Crippen LogP) is 4.23. The number of ether oxygens (including phenoxy) is 1. The molecule has 2 nitrogen and oxygen atoms in total. The predicted molar refractivity (Wildman–Crippen MR) is 76.2 cm³/mol. The fourth-order valence-electron chi connectivity index (χ4n) is 3.36. The Bertz CT molecular complexity index is 413. The fourth-order valence-corrected chi connectivity index (χ4v) is 3.36. The molecule has 2 aliphatic rings. The standard InChI is InChI=1S/C17H24O2/c1-2-17(11-3-4-12-17)16(18)13-5-7-14(8-6-13)19-15-9-10-15/h5-8,15-16,18H,2-4,9-12H2,1H3. The largest absolute Gasteiger partial charge is 0.490 e. The molecule has 19 heavy (non-hydrogen) atoms. The van der Waals surface area contributed by atoms with Crippen molar-refractivity contribution in [3.63, 3.8) is 0 Å². The first-order chi connectivity index (χ1) is 9.23. The summed E-state index contributed by atoms with van der Waals surface area (Å²) in [6, 6.07) is 8.10. The van der Waals surface area contributed by atoms with Gasteiger partial charge < -0.3 is 9.84 Å². The fraction of sp³-hybridized carbons (Fsp3) is 0.647. The van der Waals surface area contributed by atoms with Crippen molar-refractivity contribution >= 4 is 0 Å². The second kappa shape index (κ2) is 5.16. The highest BCUT2D eigenvalue weighted by Crippen LogP contribution is 2.50. The topological polar surface area (TPSA) is 29.5 Å². The number of hydrogen-bond acceptors (Lipinski definition) is 2. The van der Waals surface area contributed by atoms with Crippen LogP contribution in [0.4, 0.5) is 0 Å². The van der Waals surface area contributed by atoms with Crippen LogP contribution < -0.4 is 4.74 Å². The van der Waals surface area contributed by atoms with E-state index in [1.807, 2.05) is 24.3 Å². The molecule has 1 atom stereocenters. The average Bonchev–Trinajstić information content (AvgIpc) is 3.13. The van der Waals surface area contributed by atoms with Crippen molar-refractivity contribution in [3.8, 4) is 5.75 Å². The second-order valence-electron chi connectivity index (χ2n) is 6.21. The summed E-state index contributed by atoms with van der Waals surface area (Å²) in [5.74, 6) is 0.940. The zero-order chi connectivity index (χ0) is 13.3. The van der Waals surface area contributed by atoms with Crippen LogP contribution in [0.5, 0.6) is 5.75 Å². The lowest BCUT2D eigenvalue weighted by Gasteiger charge is -2.33. The van der Waals surface area contributed by atoms with Gasteiger partial charge in [0.1, 0.15) is 5.75 Å². The van der Waals surface area contributed by atoms with Crippen molar-refractivity contribution in [2.24, 2.45) is 5.41 Å². The number of rotatable bonds is 5. The molecule has 1 aromatic rings. The molecular weight excluding hydrogens is 236 g/mol. The molecule has 2 saturated carbocycles. The molecule has 3 rings (SSSR count). The summed E-state index contributed by atoms with van der Waals surface area (Å²) in [5, 5.41) is 10.7. The Kier molecular flexibility index (Phi) is 3.53. The third-order valence-corrected chi connectivity index (χ3v) is 4.91. The molecule has 0 saturated heterocycles. The highest BCUT2D eigenvalue weighted by Gasteiger charge is 2.39. The van der Waals surface area contributed by atoms with Gasteiger partial charge in [-0.05, 0) is 49.8 Å². The first kappa shape index (κ1) is 13.0. The summed E-state index contributed by atoms with van der Waals surface area (Å²) in [5.41, 5.74) is 1.16. The van der Waals surface area contributed by atoms with Crippen molar-refractivity contribution in [1.29, 1.82) is 0 Å². The molecule has 0 spiro atoms. The Hall–Kier alpha value is -1.02. The van der Waals surface area contributed by atoms with E-state index >= 15 is 0 Å². The van der Waals surface area contributed by atoms with Crippen LogP contribution in [0.1, 0.15) is 63.5 Å². The number of aliphatic hydroxyl groups excluding tert-OH is 1. The van der Waals surface area contributed by atoms with Crippen LogP contribution in [0.25, 0.3) is 0 Å². The van der Waals surface area contributed by atoms with Gasteiger partial charge in [-0.15, -0.1) is 0 Å². The van der Waals surface area contributed by atoms with Crippen molar-refractivity contribution in [2.75, 3.05) is 0 Å². The molecule has 0 bridgehead atoms. The van der Waals surface area contributed by atoms with E-state index in [0.29, 0.717) is 6.10 Å². The van der Waals surface area contributed by atoms with E-state index < -0.39 is 0 Å². The third kappa shape index (κ3) is 2.64. The maximum absolute atomic E-state index is 10.7. The molecule has 1 N–H and O–H groups in total. The minimum Gasteiger partial charge on any atom is -0.490 e. The van der Waals surface area contributed by atoms with Gasteiger partial charge in [0.05, 0.1) is 12.2 Å². The third-order valence-electron chi connectivity index (χ3n) is 4.91. The van der Waals surface area contributed by atoms with Crippen LogP contribution in [-0.4, -0.2) is 11.2 Å². The summed E-state index contributed by atoms with van der Waals surface area (Å²) in [7, 11) is 0. The molecule has 0 radical (unpaired) electrons. The maximum atomic E-state index is 10.7. The molecule has 0 amide bonds. The van der Waals surface area contributed by atoms with Gasteiger partial charge in [0.25, 0.3) is 0 Å². The smallest absolute Gasteiger partial charge is 0.119 e. The van der Waals surface area contributed by atoms with Crippen LogP contribution >= 0.6 is 0 Å². The Morgan fingerprint density at radius 1 is 1.21 bits per heavy atom. The zero-order valence-electron chi connectivity index (χ0n) is 11.8. The summed E-state index contributed by atoms with van der Waals surface area (Å²) in [6.07, 6.45) is 8.38. The van der Waals surface area contributed by atoms with Crippen molar-refractivity contribution < 1.29 is 9.84 Å². The summed E-state index contributed by atoms with van der Waals surface area (Å²) < 4.78 is 5.76. The van der Waals surface area contributed by atoms with E-state index in [-0.39, 0.29) is 11.5 Å². The summed E-state index contributed by atoms with van der Waals surface area (Å²) in [4.78, 5) is 0. The van der Waals surface area contributed by atoms with Crippen LogP contribution in [0.2, 0.25) is 0 Å². The van der Waals surface area contributed by atoms with E-state index in [1.165, 1.54) is 25.7 Å². The average molecular weight is 260 g/mol. The highest BCUT2D eigenvalue weighted by molar-refractivity contribution is 5.30. The van der Waals surface area contributed by atoms with Crippen LogP contribution in [0.15, 0.2) is 24.3 Å². The van der Waals surface area contributed by atoms with Gasteiger partial charge in [0.2, 0.25) is 0 Å². The molecule has 2 heteroatoms. The van der Waals surface area contributed by atoms with Gasteiger partial charge in [0.15, 0.2) is 0 Å². The Balaban J connectivity index is 1.73. The lowest BCUT2D eigenvalue weighted by molar-refractivity contribution is 0.0237.